The molecule has 1 amide bonds. The van der Waals surface area contributed by atoms with E-state index in [1.165, 1.54) is 0 Å². The predicted molar refractivity (Wildman–Crippen MR) is 149 cm³/mol. The van der Waals surface area contributed by atoms with Crippen molar-refractivity contribution in [1.82, 2.24) is 5.32 Å². The van der Waals surface area contributed by atoms with E-state index in [0.717, 1.165) is 11.1 Å². The lowest BCUT2D eigenvalue weighted by atomic mass is 9.76. The molecule has 1 heterocycles. The Morgan fingerprint density at radius 1 is 0.821 bits per heavy atom. The van der Waals surface area contributed by atoms with Gasteiger partial charge in [-0.15, -0.1) is 0 Å². The van der Waals surface area contributed by atoms with Crippen LogP contribution in [0.2, 0.25) is 0 Å². The van der Waals surface area contributed by atoms with Gasteiger partial charge in [-0.25, -0.2) is 4.79 Å². The van der Waals surface area contributed by atoms with Gasteiger partial charge in [0.25, 0.3) is 0 Å². The molecule has 0 spiro atoms. The van der Waals surface area contributed by atoms with Gasteiger partial charge in [-0.3, -0.25) is 9.59 Å². The molecule has 0 saturated carbocycles. The second-order valence-electron chi connectivity index (χ2n) is 10.7. The van der Waals surface area contributed by atoms with Crippen molar-refractivity contribution >= 4 is 30.9 Å². The summed E-state index contributed by atoms with van der Waals surface area (Å²) in [6.07, 6.45) is 1.31. The molecule has 1 aliphatic heterocycles. The first-order chi connectivity index (χ1) is 18.6. The zero-order valence-electron chi connectivity index (χ0n) is 22.4. The summed E-state index contributed by atoms with van der Waals surface area (Å²) in [6.45, 7) is 8.12. The third-order valence-electron chi connectivity index (χ3n) is 7.51. The topological polar surface area (TPSA) is 90.9 Å². The van der Waals surface area contributed by atoms with E-state index in [1.54, 1.807) is 24.3 Å². The summed E-state index contributed by atoms with van der Waals surface area (Å²) >= 11 is 0. The molecule has 2 aliphatic rings. The molecule has 1 saturated heterocycles. The number of ether oxygens (including phenoxy) is 1. The fourth-order valence-corrected chi connectivity index (χ4v) is 4.59. The molecule has 39 heavy (non-hydrogen) atoms. The highest BCUT2D eigenvalue weighted by Gasteiger charge is 2.52. The second-order valence-corrected chi connectivity index (χ2v) is 10.7. The van der Waals surface area contributed by atoms with Crippen molar-refractivity contribution in [1.29, 1.82) is 0 Å². The molecule has 1 aliphatic carbocycles. The van der Waals surface area contributed by atoms with Gasteiger partial charge >= 0.3 is 13.2 Å². The van der Waals surface area contributed by atoms with E-state index in [4.69, 9.17) is 14.0 Å². The van der Waals surface area contributed by atoms with Crippen LogP contribution < -0.4 is 5.32 Å². The summed E-state index contributed by atoms with van der Waals surface area (Å²) in [5.41, 5.74) is 3.35. The van der Waals surface area contributed by atoms with Crippen LogP contribution in [0.15, 0.2) is 78.3 Å². The van der Waals surface area contributed by atoms with Crippen molar-refractivity contribution in [2.24, 2.45) is 0 Å². The Hall–Kier alpha value is -4.01. The number of amides is 1. The minimum atomic E-state index is -0.712. The summed E-state index contributed by atoms with van der Waals surface area (Å²) < 4.78 is 17.9. The highest BCUT2D eigenvalue weighted by atomic mass is 16.7. The number of carbonyl (C=O) groups excluding carboxylic acids is 3. The number of hydrogen-bond donors (Lipinski definition) is 1. The number of Topliss-reactive ketones (excluding diaryl/α,β-unsaturated/α-hetero) is 2. The number of hydrogen-bond acceptors (Lipinski definition) is 6. The molecule has 1 N–H and O–H groups in total. The van der Waals surface area contributed by atoms with E-state index in [0.29, 0.717) is 27.7 Å². The van der Waals surface area contributed by atoms with Gasteiger partial charge in [-0.2, -0.15) is 0 Å². The summed E-state index contributed by atoms with van der Waals surface area (Å²) in [7, 11) is -0.712. The van der Waals surface area contributed by atoms with Gasteiger partial charge < -0.3 is 19.4 Å². The molecule has 1 fully saturated rings. The Morgan fingerprint density at radius 3 is 2.08 bits per heavy atom. The van der Waals surface area contributed by atoms with Gasteiger partial charge in [0.2, 0.25) is 11.6 Å². The molecule has 0 unspecified atom stereocenters. The number of fused-ring (bicyclic) bond motifs is 3. The van der Waals surface area contributed by atoms with Crippen LogP contribution in [0.25, 0.3) is 17.2 Å². The molecule has 3 aromatic rings. The van der Waals surface area contributed by atoms with Crippen LogP contribution in [0, 0.1) is 0 Å². The second kappa shape index (κ2) is 10.3. The van der Waals surface area contributed by atoms with Crippen molar-refractivity contribution < 1.29 is 28.4 Å². The molecular weight excluding hydrogens is 493 g/mol. The van der Waals surface area contributed by atoms with E-state index < -0.39 is 36.0 Å². The molecule has 3 aromatic carbocycles. The van der Waals surface area contributed by atoms with E-state index in [9.17, 15) is 14.4 Å². The predicted octanol–water partition coefficient (Wildman–Crippen LogP) is 5.67. The maximum atomic E-state index is 12.7. The van der Waals surface area contributed by atoms with Gasteiger partial charge in [0, 0.05) is 17.7 Å². The number of alkyl carbamates (subject to hydrolysis) is 1. The van der Waals surface area contributed by atoms with Gasteiger partial charge in [0.1, 0.15) is 6.61 Å². The number of ketones is 2. The first kappa shape index (κ1) is 26.6. The molecule has 0 atom stereocenters. The van der Waals surface area contributed by atoms with Gasteiger partial charge in [0.05, 0.1) is 11.2 Å². The van der Waals surface area contributed by atoms with Gasteiger partial charge in [-0.05, 0) is 67.6 Å². The summed E-state index contributed by atoms with van der Waals surface area (Å²) in [4.78, 5) is 37.9. The van der Waals surface area contributed by atoms with Crippen molar-refractivity contribution in [2.45, 2.75) is 45.5 Å². The third kappa shape index (κ3) is 5.30. The van der Waals surface area contributed by atoms with E-state index >= 15 is 0 Å². The quantitative estimate of drug-likeness (QED) is 0.331. The standard InChI is InChI=1S/C31H30BNO6/c1-30(2)31(3,4)39-32(38-30)22(18-33-29(36)37-19-20-10-6-5-7-11-20)16-21-14-15-25-26(17-21)23-12-8-9-13-24(23)27(34)28(25)35/h5-17H,18-19H2,1-4H3,(H,33,36). The number of rotatable bonds is 6. The Balaban J connectivity index is 1.43. The molecule has 198 valence electrons. The SMILES string of the molecule is CC1(C)OB(C(=Cc2ccc3c(c2)-c2ccccc2C(=O)C3=O)CNC(=O)OCc2ccccc2)OC1(C)C. The van der Waals surface area contributed by atoms with Crippen molar-refractivity contribution in [3.63, 3.8) is 0 Å². The molecule has 8 heteroatoms. The Kier molecular flexibility index (Phi) is 7.01. The lowest BCUT2D eigenvalue weighted by Crippen LogP contribution is -2.41. The molecule has 0 radical (unpaired) electrons. The monoisotopic (exact) mass is 523 g/mol. The molecule has 5 rings (SSSR count). The van der Waals surface area contributed by atoms with Crippen molar-refractivity contribution in [3.05, 3.63) is 101 Å². The van der Waals surface area contributed by atoms with Crippen LogP contribution in [0.4, 0.5) is 4.79 Å². The minimum absolute atomic E-state index is 0.121. The van der Waals surface area contributed by atoms with Crippen LogP contribution in [-0.4, -0.2) is 42.5 Å². The molecule has 7 nitrogen and oxygen atoms in total. The smallest absolute Gasteiger partial charge is 0.445 e. The van der Waals surface area contributed by atoms with Crippen molar-refractivity contribution in [2.75, 3.05) is 6.54 Å². The summed E-state index contributed by atoms with van der Waals surface area (Å²) in [5, 5.41) is 2.81. The first-order valence-electron chi connectivity index (χ1n) is 12.9. The maximum absolute atomic E-state index is 12.7. The average molecular weight is 523 g/mol. The largest absolute Gasteiger partial charge is 0.492 e. The van der Waals surface area contributed by atoms with E-state index in [2.05, 4.69) is 5.32 Å². The highest BCUT2D eigenvalue weighted by molar-refractivity contribution is 6.56. The Morgan fingerprint density at radius 2 is 1.41 bits per heavy atom. The fraction of sp³-hybridized carbons (Fsp3) is 0.258. The van der Waals surface area contributed by atoms with Crippen LogP contribution in [0.5, 0.6) is 0 Å². The van der Waals surface area contributed by atoms with Crippen LogP contribution in [0.3, 0.4) is 0 Å². The first-order valence-corrected chi connectivity index (χ1v) is 12.9. The van der Waals surface area contributed by atoms with Gasteiger partial charge in [-0.1, -0.05) is 66.7 Å². The lowest BCUT2D eigenvalue weighted by Gasteiger charge is -2.32. The molecular formula is C31H30BNO6. The molecule has 0 aromatic heterocycles. The zero-order chi connectivity index (χ0) is 27.8. The maximum Gasteiger partial charge on any atom is 0.492 e. The highest BCUT2D eigenvalue weighted by Crippen LogP contribution is 2.39. The van der Waals surface area contributed by atoms with Crippen LogP contribution in [0.1, 0.15) is 59.5 Å². The number of benzene rings is 3. The van der Waals surface area contributed by atoms with E-state index in [1.807, 2.05) is 82.3 Å². The summed E-state index contributed by atoms with van der Waals surface area (Å²) in [6, 6.07) is 21.9. The van der Waals surface area contributed by atoms with Crippen LogP contribution >= 0.6 is 0 Å². The van der Waals surface area contributed by atoms with E-state index in [-0.39, 0.29) is 13.2 Å². The van der Waals surface area contributed by atoms with Crippen LogP contribution in [-0.2, 0) is 20.7 Å². The zero-order valence-corrected chi connectivity index (χ0v) is 22.4. The lowest BCUT2D eigenvalue weighted by molar-refractivity contribution is 0.00578. The van der Waals surface area contributed by atoms with Gasteiger partial charge in [0.15, 0.2) is 0 Å². The molecule has 0 bridgehead atoms. The fourth-order valence-electron chi connectivity index (χ4n) is 4.59. The summed E-state index contributed by atoms with van der Waals surface area (Å²) in [5.74, 6) is -1.02. The Bertz CT molecular complexity index is 1460. The third-order valence-corrected chi connectivity index (χ3v) is 7.51. The van der Waals surface area contributed by atoms with Crippen molar-refractivity contribution in [3.8, 4) is 11.1 Å². The average Bonchev–Trinajstić information content (AvgIpc) is 3.15. The Labute approximate surface area is 228 Å². The minimum Gasteiger partial charge on any atom is -0.445 e. The normalized spacial score (nSPS) is 17.4. The number of nitrogens with one attached hydrogen (secondary N) is 1. The number of carbonyl (C=O) groups is 3.